The first-order chi connectivity index (χ1) is 4.16. The van der Waals surface area contributed by atoms with Crippen molar-refractivity contribution in [1.82, 2.24) is 0 Å². The fourth-order valence-corrected chi connectivity index (χ4v) is 0.407. The van der Waals surface area contributed by atoms with Gasteiger partial charge in [-0.2, -0.15) is 0 Å². The highest BCUT2D eigenvalue weighted by Crippen LogP contribution is 2.01. The summed E-state index contributed by atoms with van der Waals surface area (Å²) in [5.41, 5.74) is 0. The van der Waals surface area contributed by atoms with E-state index in [0.29, 0.717) is 12.3 Å². The summed E-state index contributed by atoms with van der Waals surface area (Å²) in [5, 5.41) is 3.71. The number of hydrogen-bond acceptors (Lipinski definition) is 2. The molecule has 0 aliphatic heterocycles. The Hall–Kier alpha value is -0.530. The molecule has 0 aliphatic rings. The van der Waals surface area contributed by atoms with Crippen LogP contribution in [0.5, 0.6) is 0 Å². The quantitative estimate of drug-likeness (QED) is 0.609. The van der Waals surface area contributed by atoms with Crippen molar-refractivity contribution in [2.75, 3.05) is 0 Å². The number of hydrogen-bond donors (Lipinski definition) is 1. The normalized spacial score (nSPS) is 11.1. The fourth-order valence-electron chi connectivity index (χ4n) is 0.407. The van der Waals surface area contributed by atoms with Gasteiger partial charge in [-0.05, 0) is 12.3 Å². The highest BCUT2D eigenvalue weighted by molar-refractivity contribution is 5.66. The highest BCUT2D eigenvalue weighted by atomic mass is 16.4. The van der Waals surface area contributed by atoms with E-state index in [1.807, 2.05) is 13.8 Å². The molecule has 0 amide bonds. The highest BCUT2D eigenvalue weighted by Gasteiger charge is 1.97. The summed E-state index contributed by atoms with van der Waals surface area (Å²) < 4.78 is 6.20. The van der Waals surface area contributed by atoms with Gasteiger partial charge in [-0.15, -0.1) is 0 Å². The second kappa shape index (κ2) is 3.47. The lowest BCUT2D eigenvalue weighted by Gasteiger charge is -1.97. The molecule has 0 saturated carbocycles. The van der Waals surface area contributed by atoms with Crippen LogP contribution in [0, 0.1) is 5.92 Å². The van der Waals surface area contributed by atoms with Crippen LogP contribution in [0.3, 0.4) is 0 Å². The lowest BCUT2D eigenvalue weighted by molar-refractivity contribution is -0.137. The first kappa shape index (κ1) is 5.60. The van der Waals surface area contributed by atoms with E-state index in [1.165, 1.54) is 0 Å². The Bertz CT molecular complexity index is 91.1. The molecule has 0 aromatic heterocycles. The van der Waals surface area contributed by atoms with E-state index < -0.39 is 5.97 Å². The van der Waals surface area contributed by atoms with Gasteiger partial charge in [0.05, 0.1) is 0 Å². The molecular weight excluding hydrogens is 104 g/mol. The van der Waals surface area contributed by atoms with Crippen molar-refractivity contribution in [3.63, 3.8) is 0 Å². The predicted octanol–water partition coefficient (Wildman–Crippen LogP) is 1.51. The van der Waals surface area contributed by atoms with E-state index in [9.17, 15) is 4.79 Å². The molecule has 0 aromatic rings. The van der Waals surface area contributed by atoms with E-state index in [2.05, 4.69) is 5.11 Å². The van der Waals surface area contributed by atoms with E-state index in [1.54, 1.807) is 0 Å². The van der Waals surface area contributed by atoms with Gasteiger partial charge in [-0.25, -0.2) is 0 Å². The summed E-state index contributed by atoms with van der Waals surface area (Å²) in [5.74, 6) is 0.0628. The molecule has 0 fully saturated rings. The van der Waals surface area contributed by atoms with Gasteiger partial charge in [-0.3, -0.25) is 4.79 Å². The monoisotopic (exact) mass is 118 g/mol. The summed E-state index contributed by atoms with van der Waals surface area (Å²) >= 11 is 0. The van der Waals surface area contributed by atoms with Crippen LogP contribution < -0.4 is 0 Å². The molecule has 0 unspecified atom stereocenters. The third kappa shape index (κ3) is 5.47. The maximum Gasteiger partial charge on any atom is 0.303 e. The molecule has 8 heavy (non-hydrogen) atoms. The van der Waals surface area contributed by atoms with Gasteiger partial charge in [0.25, 0.3) is 1.43 Å². The van der Waals surface area contributed by atoms with Crippen LogP contribution in [0.1, 0.15) is 26.7 Å². The van der Waals surface area contributed by atoms with Crippen LogP contribution >= 0.6 is 0 Å². The molecule has 2 nitrogen and oxygen atoms in total. The second-order valence-electron chi connectivity index (χ2n) is 2.30. The van der Waals surface area contributed by atoms with E-state index >= 15 is 0 Å². The second-order valence-corrected chi connectivity index (χ2v) is 2.30. The standard InChI is InChI=1S/C6H12O2/c1-5(2)3-4-6(7)8/h5H,3-4H2,1-2H3,(H,7,8)/i/hT. The van der Waals surface area contributed by atoms with Crippen LogP contribution in [-0.4, -0.2) is 11.1 Å². The minimum Gasteiger partial charge on any atom is -0.481 e. The van der Waals surface area contributed by atoms with Gasteiger partial charge in [0.1, 0.15) is 0 Å². The van der Waals surface area contributed by atoms with Crippen LogP contribution in [0.15, 0.2) is 0 Å². The minimum absolute atomic E-state index is 0.362. The van der Waals surface area contributed by atoms with E-state index in [-0.39, 0.29) is 0 Å². The average molecular weight is 118 g/mol. The third-order valence-corrected chi connectivity index (χ3v) is 0.926. The Labute approximate surface area is 51.0 Å². The largest absolute Gasteiger partial charge is 0.481 e. The van der Waals surface area contributed by atoms with E-state index in [0.717, 1.165) is 6.42 Å². The molecule has 2 heteroatoms. The van der Waals surface area contributed by atoms with Gasteiger partial charge in [-0.1, -0.05) is 13.8 Å². The third-order valence-electron chi connectivity index (χ3n) is 0.926. The zero-order valence-corrected chi connectivity index (χ0v) is 5.31. The van der Waals surface area contributed by atoms with Gasteiger partial charge in [0.2, 0.25) is 0 Å². The van der Waals surface area contributed by atoms with Crippen molar-refractivity contribution in [3.05, 3.63) is 0 Å². The average Bonchev–Trinajstić information content (AvgIpc) is 1.83. The van der Waals surface area contributed by atoms with Crippen molar-refractivity contribution in [2.45, 2.75) is 26.7 Å². The first-order valence-electron chi connectivity index (χ1n) is 3.23. The van der Waals surface area contributed by atoms with E-state index in [4.69, 9.17) is 1.43 Å². The summed E-state index contributed by atoms with van der Waals surface area (Å²) in [6.45, 7) is 4.05. The fraction of sp³-hybridized carbons (Fsp3) is 0.833. The van der Waals surface area contributed by atoms with Crippen molar-refractivity contribution >= 4 is 5.97 Å². The van der Waals surface area contributed by atoms with Crippen molar-refractivity contribution in [3.8, 4) is 0 Å². The lowest BCUT2D eigenvalue weighted by Crippen LogP contribution is -1.97. The van der Waals surface area contributed by atoms with Gasteiger partial charge in [0.15, 0.2) is 0 Å². The molecular formula is C6H12O2. The molecule has 1 N–H and O–H groups in total. The Kier molecular flexibility index (Phi) is 2.43. The smallest absolute Gasteiger partial charge is 0.303 e. The number of aliphatic carboxylic acids is 1. The number of carboxylic acids is 1. The summed E-state index contributed by atoms with van der Waals surface area (Å²) in [6, 6.07) is 0. The summed E-state index contributed by atoms with van der Waals surface area (Å²) in [6.07, 6.45) is 1.17. The Morgan fingerprint density at radius 2 is 2.50 bits per heavy atom. The Morgan fingerprint density at radius 1 is 1.88 bits per heavy atom. The van der Waals surface area contributed by atoms with Crippen molar-refractivity contribution in [1.29, 1.82) is 1.43 Å². The molecule has 48 valence electrons. The maximum absolute atomic E-state index is 10.3. The summed E-state index contributed by atoms with van der Waals surface area (Å²) in [4.78, 5) is 10.3. The molecule has 0 atom stereocenters. The zero-order valence-electron chi connectivity index (χ0n) is 6.31. The molecule has 0 aromatic carbocycles. The first-order valence-corrected chi connectivity index (χ1v) is 2.82. The maximum atomic E-state index is 10.3. The van der Waals surface area contributed by atoms with Gasteiger partial charge < -0.3 is 5.11 Å². The van der Waals surface area contributed by atoms with Crippen LogP contribution in [0.2, 0.25) is 0 Å². The predicted molar refractivity (Wildman–Crippen MR) is 31.7 cm³/mol. The molecule has 0 heterocycles. The summed E-state index contributed by atoms with van der Waals surface area (Å²) in [7, 11) is 0. The van der Waals surface area contributed by atoms with Crippen LogP contribution in [0.25, 0.3) is 1.43 Å². The number of carboxylic acid groups (broad SMARTS) is 1. The number of carbonyl (C=O) groups is 1. The SMILES string of the molecule is [3H]OC(=O)CCC(C)C. The van der Waals surface area contributed by atoms with Crippen LogP contribution in [0.4, 0.5) is 0 Å². The topological polar surface area (TPSA) is 37.3 Å². The molecule has 0 rings (SSSR count). The molecule has 0 aliphatic carbocycles. The van der Waals surface area contributed by atoms with Crippen molar-refractivity contribution < 1.29 is 9.90 Å². The van der Waals surface area contributed by atoms with Gasteiger partial charge >= 0.3 is 5.97 Å². The number of rotatable bonds is 3. The minimum atomic E-state index is -0.441. The molecule has 0 bridgehead atoms. The molecule has 0 saturated heterocycles. The Morgan fingerprint density at radius 3 is 2.88 bits per heavy atom. The zero-order chi connectivity index (χ0) is 7.28. The molecule has 0 radical (unpaired) electrons. The molecule has 0 spiro atoms. The Balaban J connectivity index is 3.17. The van der Waals surface area contributed by atoms with Crippen molar-refractivity contribution in [2.24, 2.45) is 5.92 Å². The lowest BCUT2D eigenvalue weighted by atomic mass is 10.1. The van der Waals surface area contributed by atoms with Crippen LogP contribution in [-0.2, 0) is 4.79 Å². The van der Waals surface area contributed by atoms with Gasteiger partial charge in [0, 0.05) is 6.42 Å².